The van der Waals surface area contributed by atoms with E-state index in [1.165, 1.54) is 0 Å². The van der Waals surface area contributed by atoms with E-state index < -0.39 is 0 Å². The number of hydrogen-bond donors (Lipinski definition) is 0. The summed E-state index contributed by atoms with van der Waals surface area (Å²) in [4.78, 5) is 16.0. The van der Waals surface area contributed by atoms with Gasteiger partial charge in [0.15, 0.2) is 17.5 Å². The van der Waals surface area contributed by atoms with Gasteiger partial charge >= 0.3 is 0 Å². The van der Waals surface area contributed by atoms with Crippen LogP contribution < -0.4 is 4.74 Å². The van der Waals surface area contributed by atoms with Crippen LogP contribution in [0.2, 0.25) is 0 Å². The number of ether oxygens (including phenoxy) is 1. The molecule has 0 atom stereocenters. The van der Waals surface area contributed by atoms with Gasteiger partial charge in [0.1, 0.15) is 22.7 Å². The smallest absolute Gasteiger partial charge is 0.164 e. The molecule has 9 aromatic carbocycles. The van der Waals surface area contributed by atoms with Gasteiger partial charge in [-0.05, 0) is 63.5 Å². The van der Waals surface area contributed by atoms with Crippen molar-refractivity contribution in [3.8, 4) is 90.2 Å². The summed E-state index contributed by atoms with van der Waals surface area (Å²) in [6.45, 7) is 0. The fourth-order valence-electron chi connectivity index (χ4n) is 8.84. The average Bonchev–Trinajstić information content (AvgIpc) is 3.71. The van der Waals surface area contributed by atoms with Crippen molar-refractivity contribution < 1.29 is 9.15 Å². The zero-order chi connectivity index (χ0) is 39.6. The van der Waals surface area contributed by atoms with E-state index in [9.17, 15) is 0 Å². The molecule has 0 bridgehead atoms. The highest BCUT2D eigenvalue weighted by atomic mass is 16.5. The first-order valence-corrected chi connectivity index (χ1v) is 20.1. The second kappa shape index (κ2) is 13.8. The maximum Gasteiger partial charge on any atom is 0.164 e. The van der Waals surface area contributed by atoms with Gasteiger partial charge in [-0.3, -0.25) is 0 Å². The highest BCUT2D eigenvalue weighted by Gasteiger charge is 2.27. The predicted octanol–water partition coefficient (Wildman–Crippen LogP) is 14.7. The normalized spacial score (nSPS) is 11.8. The SMILES string of the molecule is c1ccc(-c2cc(-c3nc(-c4ccccc4)nc(-c4cccc5oc6ccccc6c45)n3)c(-c3ccccc3)c(-c3cccc4c3Oc3cccc5cccc-4c35)c2)cc1. The van der Waals surface area contributed by atoms with Crippen LogP contribution in [0.4, 0.5) is 0 Å². The van der Waals surface area contributed by atoms with Gasteiger partial charge in [0.2, 0.25) is 0 Å². The number of hydrogen-bond acceptors (Lipinski definition) is 5. The average molecular weight is 768 g/mol. The number of benzene rings is 9. The van der Waals surface area contributed by atoms with Crippen molar-refractivity contribution in [2.45, 2.75) is 0 Å². The number of aromatic nitrogens is 3. The first-order chi connectivity index (χ1) is 29.7. The molecule has 0 radical (unpaired) electrons. The molecule has 12 rings (SSSR count). The molecular formula is C55H33N3O2. The molecule has 0 saturated carbocycles. The molecule has 280 valence electrons. The van der Waals surface area contributed by atoms with E-state index in [1.807, 2.05) is 66.7 Å². The minimum Gasteiger partial charge on any atom is -0.456 e. The second-order valence-corrected chi connectivity index (χ2v) is 15.1. The molecule has 0 N–H and O–H groups in total. The number of fused-ring (bicyclic) bond motifs is 5. The van der Waals surface area contributed by atoms with Crippen molar-refractivity contribution in [2.75, 3.05) is 0 Å². The van der Waals surface area contributed by atoms with E-state index in [4.69, 9.17) is 24.1 Å². The fraction of sp³-hybridized carbons (Fsp3) is 0. The van der Waals surface area contributed by atoms with E-state index in [0.717, 1.165) is 105 Å². The molecule has 5 heteroatoms. The highest BCUT2D eigenvalue weighted by molar-refractivity contribution is 6.12. The van der Waals surface area contributed by atoms with E-state index in [1.54, 1.807) is 0 Å². The molecule has 0 aliphatic carbocycles. The molecule has 0 fully saturated rings. The van der Waals surface area contributed by atoms with Gasteiger partial charge in [0.05, 0.1) is 0 Å². The van der Waals surface area contributed by atoms with Crippen molar-refractivity contribution in [2.24, 2.45) is 0 Å². The van der Waals surface area contributed by atoms with Gasteiger partial charge in [0, 0.05) is 49.5 Å². The summed E-state index contributed by atoms with van der Waals surface area (Å²) in [7, 11) is 0. The van der Waals surface area contributed by atoms with Gasteiger partial charge in [0.25, 0.3) is 0 Å². The molecule has 1 aliphatic rings. The van der Waals surface area contributed by atoms with Crippen LogP contribution >= 0.6 is 0 Å². The van der Waals surface area contributed by atoms with Crippen LogP contribution in [0.3, 0.4) is 0 Å². The first-order valence-electron chi connectivity index (χ1n) is 20.1. The number of nitrogens with zero attached hydrogens (tertiary/aromatic N) is 3. The largest absolute Gasteiger partial charge is 0.456 e. The molecule has 0 spiro atoms. The van der Waals surface area contributed by atoms with Crippen LogP contribution in [0.5, 0.6) is 11.5 Å². The predicted molar refractivity (Wildman–Crippen MR) is 243 cm³/mol. The Hall–Kier alpha value is -8.15. The summed E-state index contributed by atoms with van der Waals surface area (Å²) in [6, 6.07) is 69.1. The van der Waals surface area contributed by atoms with Crippen molar-refractivity contribution in [3.63, 3.8) is 0 Å². The van der Waals surface area contributed by atoms with Gasteiger partial charge in [-0.25, -0.2) is 15.0 Å². The molecule has 0 unspecified atom stereocenters. The summed E-state index contributed by atoms with van der Waals surface area (Å²) in [5.41, 5.74) is 12.6. The zero-order valence-corrected chi connectivity index (χ0v) is 32.2. The third-order valence-corrected chi connectivity index (χ3v) is 11.5. The summed E-state index contributed by atoms with van der Waals surface area (Å²) in [5, 5.41) is 4.25. The lowest BCUT2D eigenvalue weighted by Crippen LogP contribution is -2.03. The zero-order valence-electron chi connectivity index (χ0n) is 32.2. The van der Waals surface area contributed by atoms with Crippen LogP contribution in [-0.2, 0) is 0 Å². The third-order valence-electron chi connectivity index (χ3n) is 11.5. The summed E-state index contributed by atoms with van der Waals surface area (Å²) in [6.07, 6.45) is 0. The molecule has 1 aliphatic heterocycles. The molecule has 0 saturated heterocycles. The summed E-state index contributed by atoms with van der Waals surface area (Å²) >= 11 is 0. The Labute approximate surface area is 345 Å². The number of furan rings is 1. The van der Waals surface area contributed by atoms with Crippen molar-refractivity contribution >= 4 is 32.7 Å². The topological polar surface area (TPSA) is 61.0 Å². The minimum absolute atomic E-state index is 0.558. The van der Waals surface area contributed by atoms with E-state index in [2.05, 4.69) is 133 Å². The Balaban J connectivity index is 1.19. The molecule has 0 amide bonds. The summed E-state index contributed by atoms with van der Waals surface area (Å²) in [5.74, 6) is 3.36. The van der Waals surface area contributed by atoms with Crippen LogP contribution in [-0.4, -0.2) is 15.0 Å². The van der Waals surface area contributed by atoms with E-state index in [0.29, 0.717) is 17.5 Å². The highest BCUT2D eigenvalue weighted by Crippen LogP contribution is 2.53. The van der Waals surface area contributed by atoms with Crippen LogP contribution in [0.1, 0.15) is 0 Å². The van der Waals surface area contributed by atoms with Crippen LogP contribution in [0.25, 0.3) is 111 Å². The monoisotopic (exact) mass is 767 g/mol. The standard InChI is InChI=1S/C55H33N3O2/c1-4-16-34(17-5-1)38-32-44(41-27-14-26-40-39-25-12-22-36-23-13-30-47(50(36)39)60-52(40)41)49(35-18-6-2-7-19-35)45(33-38)55-57-53(37-20-8-3-9-21-37)56-54(58-55)43-28-15-31-48-51(43)42-24-10-11-29-46(42)59-48/h1-33H. The molecule has 60 heavy (non-hydrogen) atoms. The van der Waals surface area contributed by atoms with Crippen LogP contribution in [0, 0.1) is 0 Å². The van der Waals surface area contributed by atoms with Crippen molar-refractivity contribution in [1.29, 1.82) is 0 Å². The second-order valence-electron chi connectivity index (χ2n) is 15.1. The van der Waals surface area contributed by atoms with Crippen LogP contribution in [0.15, 0.2) is 205 Å². The molecule has 11 aromatic rings. The molecular weight excluding hydrogens is 735 g/mol. The van der Waals surface area contributed by atoms with Crippen molar-refractivity contribution in [1.82, 2.24) is 15.0 Å². The number of rotatable bonds is 6. The van der Waals surface area contributed by atoms with Gasteiger partial charge < -0.3 is 9.15 Å². The Kier molecular flexibility index (Phi) is 7.78. The third kappa shape index (κ3) is 5.52. The maximum absolute atomic E-state index is 6.99. The Morgan fingerprint density at radius 1 is 0.333 bits per heavy atom. The lowest BCUT2D eigenvalue weighted by atomic mass is 9.84. The first kappa shape index (κ1) is 33.9. The molecule has 5 nitrogen and oxygen atoms in total. The van der Waals surface area contributed by atoms with Gasteiger partial charge in [-0.15, -0.1) is 0 Å². The summed E-state index contributed by atoms with van der Waals surface area (Å²) < 4.78 is 13.3. The molecule has 2 aromatic heterocycles. The van der Waals surface area contributed by atoms with E-state index >= 15 is 0 Å². The van der Waals surface area contributed by atoms with Gasteiger partial charge in [-0.1, -0.05) is 170 Å². The quantitative estimate of drug-likeness (QED) is 0.169. The lowest BCUT2D eigenvalue weighted by molar-refractivity contribution is 0.489. The van der Waals surface area contributed by atoms with E-state index in [-0.39, 0.29) is 0 Å². The number of para-hydroxylation sites is 2. The Morgan fingerprint density at radius 3 is 1.67 bits per heavy atom. The Morgan fingerprint density at radius 2 is 0.883 bits per heavy atom. The lowest BCUT2D eigenvalue weighted by Gasteiger charge is -2.25. The van der Waals surface area contributed by atoms with Gasteiger partial charge in [-0.2, -0.15) is 0 Å². The Bertz CT molecular complexity index is 3450. The fourth-order valence-corrected chi connectivity index (χ4v) is 8.84. The minimum atomic E-state index is 0.558. The van der Waals surface area contributed by atoms with Crippen molar-refractivity contribution in [3.05, 3.63) is 200 Å². The molecule has 3 heterocycles. The maximum atomic E-state index is 6.99.